The summed E-state index contributed by atoms with van der Waals surface area (Å²) in [6.07, 6.45) is 1.72. The highest BCUT2D eigenvalue weighted by Gasteiger charge is 2.55. The van der Waals surface area contributed by atoms with Gasteiger partial charge in [0.05, 0.1) is 10.5 Å². The third-order valence-corrected chi connectivity index (χ3v) is 5.39. The van der Waals surface area contributed by atoms with Crippen molar-refractivity contribution in [2.24, 2.45) is 17.3 Å². The van der Waals surface area contributed by atoms with Gasteiger partial charge in [-0.15, -0.1) is 0 Å². The zero-order valence-corrected chi connectivity index (χ0v) is 12.7. The van der Waals surface area contributed by atoms with Gasteiger partial charge in [0.25, 0.3) is 5.69 Å². The number of hydrogen-bond acceptors (Lipinski definition) is 4. The van der Waals surface area contributed by atoms with Crippen molar-refractivity contribution in [1.29, 1.82) is 0 Å². The van der Waals surface area contributed by atoms with Gasteiger partial charge in [-0.3, -0.25) is 10.1 Å². The summed E-state index contributed by atoms with van der Waals surface area (Å²) in [5.41, 5.74) is 1.55. The number of nitro groups is 1. The summed E-state index contributed by atoms with van der Waals surface area (Å²) < 4.78 is 5.58. The van der Waals surface area contributed by atoms with E-state index in [1.54, 1.807) is 0 Å². The molecular formula is C17H19NO4. The second-order valence-corrected chi connectivity index (χ2v) is 6.82. The van der Waals surface area contributed by atoms with Crippen LogP contribution in [0, 0.1) is 27.4 Å². The van der Waals surface area contributed by atoms with Gasteiger partial charge in [-0.1, -0.05) is 20.4 Å². The minimum absolute atomic E-state index is 0.0402. The number of carbonyl (C=O) groups is 1. The Morgan fingerprint density at radius 3 is 2.45 bits per heavy atom. The molecule has 0 heterocycles. The number of non-ortho nitro benzene ring substituents is 1. The first kappa shape index (κ1) is 14.8. The van der Waals surface area contributed by atoms with Gasteiger partial charge in [0.2, 0.25) is 0 Å². The molecule has 0 unspecified atom stereocenters. The van der Waals surface area contributed by atoms with Crippen molar-refractivity contribution in [3.63, 3.8) is 0 Å². The number of rotatable bonds is 3. The Labute approximate surface area is 129 Å². The standard InChI is InChI=1S/C17H19NO4/c1-10-14-8-12(17(14,2)3)9-15(10)22-16(19)11-4-6-13(7-5-11)18(20)21/h4-7,12,14-15H,1,8-9H2,2-3H3/t12-,14+,15-/m0/s1. The van der Waals surface area contributed by atoms with Crippen LogP contribution in [-0.4, -0.2) is 17.0 Å². The molecule has 1 aromatic carbocycles. The predicted molar refractivity (Wildman–Crippen MR) is 81.4 cm³/mol. The SMILES string of the molecule is C=C1[C@@H](OC(=O)c2ccc([N+](=O)[O-])cc2)C[C@@H]2C[C@H]1C2(C)C. The minimum Gasteiger partial charge on any atom is -0.454 e. The lowest BCUT2D eigenvalue weighted by Gasteiger charge is -2.59. The van der Waals surface area contributed by atoms with Crippen molar-refractivity contribution in [1.82, 2.24) is 0 Å². The van der Waals surface area contributed by atoms with Crippen LogP contribution in [0.3, 0.4) is 0 Å². The number of ether oxygens (including phenoxy) is 1. The Hall–Kier alpha value is -2.17. The molecule has 5 nitrogen and oxygen atoms in total. The molecule has 116 valence electrons. The maximum absolute atomic E-state index is 12.2. The Morgan fingerprint density at radius 1 is 1.32 bits per heavy atom. The summed E-state index contributed by atoms with van der Waals surface area (Å²) in [7, 11) is 0. The molecule has 3 atom stereocenters. The van der Waals surface area contributed by atoms with Crippen LogP contribution >= 0.6 is 0 Å². The fourth-order valence-corrected chi connectivity index (χ4v) is 3.72. The molecule has 3 aliphatic carbocycles. The molecule has 0 aliphatic heterocycles. The number of carbonyl (C=O) groups excluding carboxylic acids is 1. The third kappa shape index (κ3) is 2.21. The second-order valence-electron chi connectivity index (χ2n) is 6.82. The first-order valence-corrected chi connectivity index (χ1v) is 7.45. The zero-order chi connectivity index (χ0) is 16.1. The number of esters is 1. The molecule has 3 saturated carbocycles. The van der Waals surface area contributed by atoms with Crippen LogP contribution in [-0.2, 0) is 4.74 Å². The van der Waals surface area contributed by atoms with Crippen LogP contribution in [0.1, 0.15) is 37.0 Å². The highest BCUT2D eigenvalue weighted by molar-refractivity contribution is 5.89. The number of fused-ring (bicyclic) bond motifs is 2. The van der Waals surface area contributed by atoms with Gasteiger partial charge in [-0.05, 0) is 47.8 Å². The minimum atomic E-state index is -0.492. The normalized spacial score (nSPS) is 28.6. The lowest BCUT2D eigenvalue weighted by atomic mass is 9.47. The van der Waals surface area contributed by atoms with Crippen LogP contribution in [0.2, 0.25) is 0 Å². The largest absolute Gasteiger partial charge is 0.454 e. The maximum atomic E-state index is 12.2. The van der Waals surface area contributed by atoms with Gasteiger partial charge < -0.3 is 4.74 Å². The fourth-order valence-electron chi connectivity index (χ4n) is 3.72. The summed E-state index contributed by atoms with van der Waals surface area (Å²) in [6, 6.07) is 5.48. The van der Waals surface area contributed by atoms with E-state index in [0.29, 0.717) is 17.4 Å². The Kier molecular flexibility index (Phi) is 3.31. The van der Waals surface area contributed by atoms with Gasteiger partial charge in [-0.2, -0.15) is 0 Å². The highest BCUT2D eigenvalue weighted by atomic mass is 16.6. The lowest BCUT2D eigenvalue weighted by molar-refractivity contribution is -0.384. The van der Waals surface area contributed by atoms with Crippen LogP contribution < -0.4 is 0 Å². The molecule has 0 amide bonds. The van der Waals surface area contributed by atoms with Crippen LogP contribution in [0.5, 0.6) is 0 Å². The first-order chi connectivity index (χ1) is 10.3. The molecule has 1 aromatic rings. The molecule has 0 spiro atoms. The molecule has 3 aliphatic rings. The summed E-state index contributed by atoms with van der Waals surface area (Å²) in [5.74, 6) is 0.540. The summed E-state index contributed by atoms with van der Waals surface area (Å²) in [4.78, 5) is 22.3. The van der Waals surface area contributed by atoms with Crippen LogP contribution in [0.25, 0.3) is 0 Å². The number of nitro benzene ring substituents is 1. The van der Waals surface area contributed by atoms with Crippen molar-refractivity contribution in [2.75, 3.05) is 0 Å². The molecule has 0 saturated heterocycles. The van der Waals surface area contributed by atoms with Gasteiger partial charge >= 0.3 is 5.97 Å². The van der Waals surface area contributed by atoms with E-state index in [1.807, 2.05) is 0 Å². The lowest BCUT2D eigenvalue weighted by Crippen LogP contribution is -2.54. The molecule has 2 bridgehead atoms. The quantitative estimate of drug-likeness (QED) is 0.369. The van der Waals surface area contributed by atoms with Crippen molar-refractivity contribution in [3.05, 3.63) is 52.1 Å². The predicted octanol–water partition coefficient (Wildman–Crippen LogP) is 3.74. The fraction of sp³-hybridized carbons (Fsp3) is 0.471. The van der Waals surface area contributed by atoms with Crippen molar-refractivity contribution in [2.45, 2.75) is 32.8 Å². The smallest absolute Gasteiger partial charge is 0.338 e. The summed E-state index contributed by atoms with van der Waals surface area (Å²) >= 11 is 0. The molecule has 22 heavy (non-hydrogen) atoms. The van der Waals surface area contributed by atoms with Gasteiger partial charge in [0, 0.05) is 12.1 Å². The Bertz CT molecular complexity index is 647. The molecule has 0 aromatic heterocycles. The Balaban J connectivity index is 1.68. The molecule has 4 rings (SSSR count). The topological polar surface area (TPSA) is 69.4 Å². The van der Waals surface area contributed by atoms with Crippen molar-refractivity contribution in [3.8, 4) is 0 Å². The van der Waals surface area contributed by atoms with E-state index < -0.39 is 10.9 Å². The Morgan fingerprint density at radius 2 is 1.95 bits per heavy atom. The number of hydrogen-bond donors (Lipinski definition) is 0. The average Bonchev–Trinajstić information content (AvgIpc) is 2.48. The highest BCUT2D eigenvalue weighted by Crippen LogP contribution is 2.61. The van der Waals surface area contributed by atoms with Crippen molar-refractivity contribution < 1.29 is 14.5 Å². The monoisotopic (exact) mass is 301 g/mol. The van der Waals surface area contributed by atoms with Crippen molar-refractivity contribution >= 4 is 11.7 Å². The third-order valence-electron chi connectivity index (χ3n) is 5.39. The molecule has 3 fully saturated rings. The molecule has 0 radical (unpaired) electrons. The summed E-state index contributed by atoms with van der Waals surface area (Å²) in [5, 5.41) is 10.6. The van der Waals surface area contributed by atoms with E-state index in [0.717, 1.165) is 18.4 Å². The van der Waals surface area contributed by atoms with Gasteiger partial charge in [0.1, 0.15) is 6.10 Å². The van der Waals surface area contributed by atoms with E-state index in [1.165, 1.54) is 24.3 Å². The summed E-state index contributed by atoms with van der Waals surface area (Å²) in [6.45, 7) is 8.61. The number of benzene rings is 1. The van der Waals surface area contributed by atoms with E-state index in [2.05, 4.69) is 20.4 Å². The van der Waals surface area contributed by atoms with Gasteiger partial charge in [-0.25, -0.2) is 4.79 Å². The van der Waals surface area contributed by atoms with E-state index in [4.69, 9.17) is 4.74 Å². The molecule has 5 heteroatoms. The van der Waals surface area contributed by atoms with Crippen LogP contribution in [0.15, 0.2) is 36.4 Å². The number of nitrogens with zero attached hydrogens (tertiary/aromatic N) is 1. The molecule has 0 N–H and O–H groups in total. The van der Waals surface area contributed by atoms with E-state index >= 15 is 0 Å². The molecular weight excluding hydrogens is 282 g/mol. The first-order valence-electron chi connectivity index (χ1n) is 7.45. The zero-order valence-electron chi connectivity index (χ0n) is 12.7. The van der Waals surface area contributed by atoms with E-state index in [9.17, 15) is 14.9 Å². The second kappa shape index (κ2) is 4.93. The van der Waals surface area contributed by atoms with Gasteiger partial charge in [0.15, 0.2) is 0 Å². The van der Waals surface area contributed by atoms with E-state index in [-0.39, 0.29) is 17.2 Å². The van der Waals surface area contributed by atoms with Crippen LogP contribution in [0.4, 0.5) is 5.69 Å². The average molecular weight is 301 g/mol. The maximum Gasteiger partial charge on any atom is 0.338 e.